The molecule has 14 rings (SSSR count). The maximum atomic E-state index is 6.34. The third-order valence-electron chi connectivity index (χ3n) is 13.4. The molecule has 0 atom stereocenters. The SMILES string of the molecule is c1ccc(-c2ccc3c4ccccc4n(-c4ccc5oc6ccccc6c5c4)c3c2-c2ccc3c4ccccc4n(-c4ccc5c(c4)c4ccccc4n5-c4ccccc4)c3c2)cc1. The number of para-hydroxylation sites is 5. The minimum Gasteiger partial charge on any atom is -0.456 e. The molecule has 0 fully saturated rings. The topological polar surface area (TPSA) is 27.9 Å². The zero-order valence-electron chi connectivity index (χ0n) is 34.6. The molecule has 0 saturated carbocycles. The number of nitrogens with zero attached hydrogens (tertiary/aromatic N) is 3. The van der Waals surface area contributed by atoms with Crippen LogP contribution in [0.3, 0.4) is 0 Å². The number of benzene rings is 10. The van der Waals surface area contributed by atoms with Gasteiger partial charge in [-0.05, 0) is 95.6 Å². The number of aromatic nitrogens is 3. The van der Waals surface area contributed by atoms with Crippen molar-refractivity contribution in [3.63, 3.8) is 0 Å². The van der Waals surface area contributed by atoms with Crippen molar-refractivity contribution in [3.8, 4) is 39.3 Å². The van der Waals surface area contributed by atoms with E-state index in [0.29, 0.717) is 0 Å². The first-order valence-electron chi connectivity index (χ1n) is 21.9. The van der Waals surface area contributed by atoms with Crippen LogP contribution in [0.4, 0.5) is 0 Å². The molecule has 0 saturated heterocycles. The third-order valence-corrected chi connectivity index (χ3v) is 13.4. The molecular formula is C60H37N3O. The van der Waals surface area contributed by atoms with Gasteiger partial charge in [0.2, 0.25) is 0 Å². The second-order valence-corrected chi connectivity index (χ2v) is 16.9. The molecule has 0 bridgehead atoms. The molecule has 0 aliphatic rings. The van der Waals surface area contributed by atoms with E-state index in [1.807, 2.05) is 6.07 Å². The van der Waals surface area contributed by atoms with Gasteiger partial charge in [0.25, 0.3) is 0 Å². The van der Waals surface area contributed by atoms with Gasteiger partial charge in [-0.15, -0.1) is 0 Å². The molecule has 4 heterocycles. The van der Waals surface area contributed by atoms with Gasteiger partial charge in [0, 0.05) is 65.7 Å². The molecule has 298 valence electrons. The molecule has 4 nitrogen and oxygen atoms in total. The summed E-state index contributed by atoms with van der Waals surface area (Å²) in [6, 6.07) is 81.7. The van der Waals surface area contributed by atoms with Crippen LogP contribution in [0.15, 0.2) is 229 Å². The van der Waals surface area contributed by atoms with Gasteiger partial charge in [0.05, 0.1) is 33.1 Å². The van der Waals surface area contributed by atoms with Crippen LogP contribution in [-0.4, -0.2) is 13.7 Å². The zero-order valence-corrected chi connectivity index (χ0v) is 34.6. The molecule has 0 spiro atoms. The van der Waals surface area contributed by atoms with Crippen LogP contribution in [0.2, 0.25) is 0 Å². The summed E-state index contributed by atoms with van der Waals surface area (Å²) in [6.07, 6.45) is 0. The van der Waals surface area contributed by atoms with E-state index in [-0.39, 0.29) is 0 Å². The molecule has 0 aliphatic heterocycles. The molecule has 14 aromatic rings. The first-order chi connectivity index (χ1) is 31.8. The maximum Gasteiger partial charge on any atom is 0.135 e. The lowest BCUT2D eigenvalue weighted by molar-refractivity contribution is 0.669. The van der Waals surface area contributed by atoms with Gasteiger partial charge < -0.3 is 18.1 Å². The van der Waals surface area contributed by atoms with Gasteiger partial charge in [0.15, 0.2) is 0 Å². The van der Waals surface area contributed by atoms with Gasteiger partial charge in [-0.25, -0.2) is 0 Å². The average Bonchev–Trinajstić information content (AvgIpc) is 4.10. The summed E-state index contributed by atoms with van der Waals surface area (Å²) in [5.41, 5.74) is 16.9. The molecule has 4 heteroatoms. The van der Waals surface area contributed by atoms with Crippen LogP contribution in [0.5, 0.6) is 0 Å². The van der Waals surface area contributed by atoms with E-state index < -0.39 is 0 Å². The largest absolute Gasteiger partial charge is 0.456 e. The molecule has 4 aromatic heterocycles. The van der Waals surface area contributed by atoms with Crippen molar-refractivity contribution >= 4 is 87.4 Å². The van der Waals surface area contributed by atoms with Crippen molar-refractivity contribution in [2.45, 2.75) is 0 Å². The summed E-state index contributed by atoms with van der Waals surface area (Å²) in [4.78, 5) is 0. The Morgan fingerprint density at radius 3 is 1.55 bits per heavy atom. The summed E-state index contributed by atoms with van der Waals surface area (Å²) < 4.78 is 13.7. The number of hydrogen-bond donors (Lipinski definition) is 0. The van der Waals surface area contributed by atoms with E-state index in [0.717, 1.165) is 55.6 Å². The third kappa shape index (κ3) is 4.99. The summed E-state index contributed by atoms with van der Waals surface area (Å²) in [5, 5.41) is 9.56. The molecule has 0 aliphatic carbocycles. The van der Waals surface area contributed by atoms with Gasteiger partial charge in [0.1, 0.15) is 11.2 Å². The lowest BCUT2D eigenvalue weighted by atomic mass is 9.91. The number of rotatable bonds is 5. The molecule has 0 radical (unpaired) electrons. The molecular weight excluding hydrogens is 779 g/mol. The Morgan fingerprint density at radius 2 is 0.781 bits per heavy atom. The molecule has 0 unspecified atom stereocenters. The van der Waals surface area contributed by atoms with Gasteiger partial charge in [-0.3, -0.25) is 0 Å². The first kappa shape index (κ1) is 35.0. The molecule has 10 aromatic carbocycles. The fourth-order valence-electron chi connectivity index (χ4n) is 10.7. The van der Waals surface area contributed by atoms with Crippen LogP contribution in [0.25, 0.3) is 127 Å². The van der Waals surface area contributed by atoms with E-state index >= 15 is 0 Å². The van der Waals surface area contributed by atoms with E-state index in [1.54, 1.807) is 0 Å². The minimum absolute atomic E-state index is 0.886. The van der Waals surface area contributed by atoms with Crippen molar-refractivity contribution in [1.82, 2.24) is 13.7 Å². The zero-order chi connectivity index (χ0) is 41.9. The Balaban J connectivity index is 1.07. The Hall–Kier alpha value is -8.60. The van der Waals surface area contributed by atoms with Crippen molar-refractivity contribution < 1.29 is 4.42 Å². The van der Waals surface area contributed by atoms with E-state index in [4.69, 9.17) is 4.42 Å². The summed E-state index contributed by atoms with van der Waals surface area (Å²) in [6.45, 7) is 0. The highest BCUT2D eigenvalue weighted by atomic mass is 16.3. The lowest BCUT2D eigenvalue weighted by Crippen LogP contribution is -1.98. The Labute approximate surface area is 367 Å². The predicted octanol–water partition coefficient (Wildman–Crippen LogP) is 16.2. The van der Waals surface area contributed by atoms with Crippen molar-refractivity contribution in [2.24, 2.45) is 0 Å². The van der Waals surface area contributed by atoms with E-state index in [9.17, 15) is 0 Å². The van der Waals surface area contributed by atoms with E-state index in [2.05, 4.69) is 232 Å². The van der Waals surface area contributed by atoms with Crippen LogP contribution >= 0.6 is 0 Å². The second kappa shape index (κ2) is 13.4. The Kier molecular flexibility index (Phi) is 7.36. The monoisotopic (exact) mass is 815 g/mol. The van der Waals surface area contributed by atoms with Gasteiger partial charge in [-0.2, -0.15) is 0 Å². The molecule has 0 N–H and O–H groups in total. The van der Waals surface area contributed by atoms with Crippen LogP contribution in [0, 0.1) is 0 Å². The summed E-state index contributed by atoms with van der Waals surface area (Å²) in [7, 11) is 0. The van der Waals surface area contributed by atoms with E-state index in [1.165, 1.54) is 71.1 Å². The Bertz CT molecular complexity index is 4180. The Morgan fingerprint density at radius 1 is 0.266 bits per heavy atom. The highest BCUT2D eigenvalue weighted by molar-refractivity contribution is 6.19. The normalized spacial score (nSPS) is 12.1. The number of furan rings is 1. The fraction of sp³-hybridized carbons (Fsp3) is 0. The molecule has 64 heavy (non-hydrogen) atoms. The average molecular weight is 816 g/mol. The predicted molar refractivity (Wildman–Crippen MR) is 268 cm³/mol. The smallest absolute Gasteiger partial charge is 0.135 e. The number of fused-ring (bicyclic) bond motifs is 12. The summed E-state index contributed by atoms with van der Waals surface area (Å²) in [5.74, 6) is 0. The lowest BCUT2D eigenvalue weighted by Gasteiger charge is -2.17. The van der Waals surface area contributed by atoms with Crippen LogP contribution in [-0.2, 0) is 0 Å². The van der Waals surface area contributed by atoms with Crippen molar-refractivity contribution in [1.29, 1.82) is 0 Å². The minimum atomic E-state index is 0.886. The highest BCUT2D eigenvalue weighted by Crippen LogP contribution is 2.46. The fourth-order valence-corrected chi connectivity index (χ4v) is 10.7. The van der Waals surface area contributed by atoms with Crippen molar-refractivity contribution in [2.75, 3.05) is 0 Å². The second-order valence-electron chi connectivity index (χ2n) is 16.9. The van der Waals surface area contributed by atoms with Crippen LogP contribution in [0.1, 0.15) is 0 Å². The quantitative estimate of drug-likeness (QED) is 0.170. The number of hydrogen-bond acceptors (Lipinski definition) is 1. The molecule has 0 amide bonds. The van der Waals surface area contributed by atoms with Crippen LogP contribution < -0.4 is 0 Å². The van der Waals surface area contributed by atoms with Gasteiger partial charge in [-0.1, -0.05) is 146 Å². The highest BCUT2D eigenvalue weighted by Gasteiger charge is 2.23. The van der Waals surface area contributed by atoms with Crippen molar-refractivity contribution in [3.05, 3.63) is 224 Å². The van der Waals surface area contributed by atoms with Gasteiger partial charge >= 0.3 is 0 Å². The summed E-state index contributed by atoms with van der Waals surface area (Å²) >= 11 is 0. The maximum absolute atomic E-state index is 6.34. The first-order valence-corrected chi connectivity index (χ1v) is 21.9. The standard InChI is InChI=1S/C60H37N3O/c1-3-15-38(16-4-1)43-31-32-49-45-20-8-13-25-54(45)63(42-29-34-58-51(37-42)48-22-10-14-26-57(48)64-58)60(49)59(43)39-27-30-47-44-19-7-11-23-52(44)62(56(47)35-39)41-28-33-55-50(36-41)46-21-9-12-24-53(46)61(55)40-17-5-2-6-18-40/h1-37H.